The lowest BCUT2D eigenvalue weighted by molar-refractivity contribution is -0.0679. The fourth-order valence-electron chi connectivity index (χ4n) is 5.84. The maximum absolute atomic E-state index is 12.2. The fourth-order valence-corrected chi connectivity index (χ4v) is 5.84. The van der Waals surface area contributed by atoms with Crippen LogP contribution in [0.4, 0.5) is 0 Å². The van der Waals surface area contributed by atoms with Crippen LogP contribution in [0.25, 0.3) is 0 Å². The summed E-state index contributed by atoms with van der Waals surface area (Å²) < 4.78 is 13.4. The van der Waals surface area contributed by atoms with Gasteiger partial charge in [-0.1, -0.05) is 0 Å². The molecule has 2 fully saturated rings. The van der Waals surface area contributed by atoms with Gasteiger partial charge in [-0.25, -0.2) is 4.68 Å². The normalized spacial score (nSPS) is 29.1. The van der Waals surface area contributed by atoms with E-state index in [1.807, 2.05) is 13.8 Å². The molecule has 7 heteroatoms. The van der Waals surface area contributed by atoms with Crippen molar-refractivity contribution in [1.29, 1.82) is 0 Å². The van der Waals surface area contributed by atoms with Crippen molar-refractivity contribution in [3.05, 3.63) is 51.4 Å². The number of hydrogen-bond donors (Lipinski definition) is 1. The first-order valence-electron chi connectivity index (χ1n) is 11.8. The van der Waals surface area contributed by atoms with Crippen molar-refractivity contribution in [2.45, 2.75) is 89.8 Å². The van der Waals surface area contributed by atoms with Crippen LogP contribution in [0.15, 0.2) is 29.1 Å². The Morgan fingerprint density at radius 2 is 2.00 bits per heavy atom. The Bertz CT molecular complexity index is 1050. The molecule has 0 aliphatic carbocycles. The van der Waals surface area contributed by atoms with Gasteiger partial charge >= 0.3 is 0 Å². The molecule has 0 spiro atoms. The number of aryl methyl sites for hydroxylation is 1. The number of aromatic nitrogens is 2. The zero-order chi connectivity index (χ0) is 22.5. The Morgan fingerprint density at radius 3 is 2.72 bits per heavy atom. The molecule has 3 atom stereocenters. The summed E-state index contributed by atoms with van der Waals surface area (Å²) in [5.41, 5.74) is 2.08. The number of piperidine rings is 1. The number of hydrogen-bond acceptors (Lipinski definition) is 6. The van der Waals surface area contributed by atoms with Crippen LogP contribution in [0.3, 0.4) is 0 Å². The molecule has 1 aromatic heterocycles. The molecule has 0 radical (unpaired) electrons. The smallest absolute Gasteiger partial charge is 0.266 e. The maximum atomic E-state index is 12.2. The van der Waals surface area contributed by atoms with E-state index in [1.165, 1.54) is 16.3 Å². The van der Waals surface area contributed by atoms with Crippen LogP contribution in [0.5, 0.6) is 11.5 Å². The highest BCUT2D eigenvalue weighted by Crippen LogP contribution is 2.44. The van der Waals surface area contributed by atoms with Crippen molar-refractivity contribution in [3.63, 3.8) is 0 Å². The minimum atomic E-state index is -0.911. The average molecular weight is 440 g/mol. The molecule has 5 rings (SSSR count). The third kappa shape index (κ3) is 4.04. The van der Waals surface area contributed by atoms with Crippen LogP contribution in [-0.2, 0) is 19.5 Å². The summed E-state index contributed by atoms with van der Waals surface area (Å²) in [6.07, 6.45) is 4.54. The molecule has 4 heterocycles. The molecule has 3 aliphatic heterocycles. The molecule has 7 nitrogen and oxygen atoms in total. The third-order valence-corrected chi connectivity index (χ3v) is 7.18. The molecule has 172 valence electrons. The second-order valence-electron chi connectivity index (χ2n) is 9.79. The third-order valence-electron chi connectivity index (χ3n) is 7.18. The fraction of sp³-hybridized carbons (Fsp3) is 0.600. The summed E-state index contributed by atoms with van der Waals surface area (Å²) in [4.78, 5) is 14.8. The van der Waals surface area contributed by atoms with Gasteiger partial charge in [-0.3, -0.25) is 9.69 Å². The van der Waals surface area contributed by atoms with Gasteiger partial charge in [0.15, 0.2) is 0 Å². The lowest BCUT2D eigenvalue weighted by Crippen LogP contribution is -2.53. The monoisotopic (exact) mass is 439 g/mol. The van der Waals surface area contributed by atoms with Crippen molar-refractivity contribution in [2.75, 3.05) is 6.61 Å². The van der Waals surface area contributed by atoms with E-state index in [0.717, 1.165) is 48.6 Å². The Hall–Kier alpha value is -2.38. The Balaban J connectivity index is 1.35. The van der Waals surface area contributed by atoms with E-state index >= 15 is 0 Å². The van der Waals surface area contributed by atoms with Crippen LogP contribution in [-0.4, -0.2) is 50.2 Å². The number of benzene rings is 1. The summed E-state index contributed by atoms with van der Waals surface area (Å²) in [6, 6.07) is 8.10. The van der Waals surface area contributed by atoms with Crippen molar-refractivity contribution in [1.82, 2.24) is 14.7 Å². The Kier molecular flexibility index (Phi) is 5.50. The van der Waals surface area contributed by atoms with Crippen molar-refractivity contribution >= 4 is 0 Å². The highest BCUT2D eigenvalue weighted by molar-refractivity contribution is 5.48. The van der Waals surface area contributed by atoms with Crippen LogP contribution in [0.2, 0.25) is 0 Å². The summed E-state index contributed by atoms with van der Waals surface area (Å²) in [7, 11) is 0. The summed E-state index contributed by atoms with van der Waals surface area (Å²) in [5.74, 6) is 1.92. The van der Waals surface area contributed by atoms with E-state index in [9.17, 15) is 9.90 Å². The van der Waals surface area contributed by atoms with Gasteiger partial charge in [0, 0.05) is 42.2 Å². The van der Waals surface area contributed by atoms with Crippen LogP contribution in [0, 0.1) is 6.92 Å². The van der Waals surface area contributed by atoms with Gasteiger partial charge in [0.05, 0.1) is 24.4 Å². The number of fused-ring (bicyclic) bond motifs is 3. The van der Waals surface area contributed by atoms with Crippen molar-refractivity contribution in [3.8, 4) is 11.5 Å². The molecule has 3 aliphatic rings. The van der Waals surface area contributed by atoms with Gasteiger partial charge in [0.2, 0.25) is 0 Å². The molecular formula is C25H33N3O4. The van der Waals surface area contributed by atoms with Gasteiger partial charge in [-0.2, -0.15) is 5.10 Å². The molecule has 1 aromatic carbocycles. The van der Waals surface area contributed by atoms with E-state index in [4.69, 9.17) is 9.47 Å². The van der Waals surface area contributed by atoms with Gasteiger partial charge < -0.3 is 14.6 Å². The largest absolute Gasteiger partial charge is 0.494 e. The lowest BCUT2D eigenvalue weighted by atomic mass is 9.85. The predicted octanol–water partition coefficient (Wildman–Crippen LogP) is 2.83. The molecule has 3 unspecified atom stereocenters. The quantitative estimate of drug-likeness (QED) is 0.746. The molecular weight excluding hydrogens is 406 g/mol. The lowest BCUT2D eigenvalue weighted by Gasteiger charge is -2.44. The van der Waals surface area contributed by atoms with E-state index in [1.54, 1.807) is 6.07 Å². The first kappa shape index (κ1) is 21.5. The van der Waals surface area contributed by atoms with E-state index < -0.39 is 5.60 Å². The molecule has 2 bridgehead atoms. The Morgan fingerprint density at radius 1 is 1.25 bits per heavy atom. The van der Waals surface area contributed by atoms with Gasteiger partial charge in [-0.05, 0) is 64.7 Å². The summed E-state index contributed by atoms with van der Waals surface area (Å²) in [5, 5.41) is 15.8. The van der Waals surface area contributed by atoms with Crippen molar-refractivity contribution in [2.24, 2.45) is 0 Å². The molecule has 2 aromatic rings. The van der Waals surface area contributed by atoms with Crippen LogP contribution >= 0.6 is 0 Å². The van der Waals surface area contributed by atoms with Gasteiger partial charge in [-0.15, -0.1) is 0 Å². The van der Waals surface area contributed by atoms with Crippen LogP contribution < -0.4 is 15.0 Å². The SMILES string of the molecule is CCOc1cc2c(cc1CN1C3CCC1CC(O)(Cn1nc(C)ccc1=O)C3)OC(C)C2. The first-order valence-corrected chi connectivity index (χ1v) is 11.8. The molecule has 2 saturated heterocycles. The number of rotatable bonds is 6. The molecule has 32 heavy (non-hydrogen) atoms. The number of ether oxygens (including phenoxy) is 2. The summed E-state index contributed by atoms with van der Waals surface area (Å²) >= 11 is 0. The predicted molar refractivity (Wildman–Crippen MR) is 121 cm³/mol. The van der Waals surface area contributed by atoms with E-state index in [0.29, 0.717) is 19.4 Å². The summed E-state index contributed by atoms with van der Waals surface area (Å²) in [6.45, 7) is 7.65. The number of aliphatic hydroxyl groups is 1. The zero-order valence-corrected chi connectivity index (χ0v) is 19.2. The minimum absolute atomic E-state index is 0.160. The average Bonchev–Trinajstić information content (AvgIpc) is 3.21. The highest BCUT2D eigenvalue weighted by Gasteiger charge is 2.48. The second-order valence-corrected chi connectivity index (χ2v) is 9.79. The van der Waals surface area contributed by atoms with Crippen molar-refractivity contribution < 1.29 is 14.6 Å². The first-order chi connectivity index (χ1) is 15.3. The zero-order valence-electron chi connectivity index (χ0n) is 19.2. The topological polar surface area (TPSA) is 76.8 Å². The maximum Gasteiger partial charge on any atom is 0.266 e. The minimum Gasteiger partial charge on any atom is -0.494 e. The second kappa shape index (κ2) is 8.19. The highest BCUT2D eigenvalue weighted by atomic mass is 16.5. The van der Waals surface area contributed by atoms with Gasteiger partial charge in [0.1, 0.15) is 17.6 Å². The standard InChI is InChI=1S/C25H33N3O4/c1-4-31-22-10-18-9-17(3)32-23(18)11-19(22)14-27-20-6-7-21(27)13-25(30,12-20)15-28-24(29)8-5-16(2)26-28/h5,8,10-11,17,20-21,30H,4,6-7,9,12-15H2,1-3H3. The molecule has 0 saturated carbocycles. The molecule has 0 amide bonds. The van der Waals surface area contributed by atoms with Crippen LogP contribution in [0.1, 0.15) is 56.4 Å². The molecule has 1 N–H and O–H groups in total. The number of nitrogens with zero attached hydrogens (tertiary/aromatic N) is 3. The van der Waals surface area contributed by atoms with E-state index in [-0.39, 0.29) is 30.3 Å². The van der Waals surface area contributed by atoms with Gasteiger partial charge in [0.25, 0.3) is 5.56 Å². The Labute approximate surface area is 189 Å². The van der Waals surface area contributed by atoms with E-state index in [2.05, 4.69) is 29.1 Å².